The van der Waals surface area contributed by atoms with Crippen molar-refractivity contribution in [3.63, 3.8) is 0 Å². The lowest BCUT2D eigenvalue weighted by Gasteiger charge is -2.33. The lowest BCUT2D eigenvalue weighted by molar-refractivity contribution is -0.123. The summed E-state index contributed by atoms with van der Waals surface area (Å²) < 4.78 is 5.34. The van der Waals surface area contributed by atoms with Gasteiger partial charge < -0.3 is 15.0 Å². The first-order chi connectivity index (χ1) is 9.55. The van der Waals surface area contributed by atoms with Gasteiger partial charge in [0.2, 0.25) is 5.91 Å². The van der Waals surface area contributed by atoms with E-state index in [9.17, 15) is 4.79 Å². The highest BCUT2D eigenvalue weighted by Gasteiger charge is 2.26. The molecule has 2 heterocycles. The minimum atomic E-state index is -0.138. The van der Waals surface area contributed by atoms with Gasteiger partial charge in [-0.2, -0.15) is 0 Å². The molecule has 2 fully saturated rings. The molecular weight excluding hydrogens is 252 g/mol. The molecule has 2 aliphatic rings. The van der Waals surface area contributed by atoms with Gasteiger partial charge in [0.25, 0.3) is 0 Å². The van der Waals surface area contributed by atoms with Gasteiger partial charge in [-0.3, -0.25) is 4.79 Å². The number of likely N-dealkylation sites (tertiary alicyclic amines) is 1. The van der Waals surface area contributed by atoms with Gasteiger partial charge in [-0.15, -0.1) is 0 Å². The zero-order valence-corrected chi connectivity index (χ0v) is 13.1. The number of carbonyl (C=O) groups excluding carboxylic acids is 1. The number of nitrogens with zero attached hydrogens (tertiary/aromatic N) is 1. The van der Waals surface area contributed by atoms with Gasteiger partial charge in [-0.05, 0) is 52.1 Å². The lowest BCUT2D eigenvalue weighted by Crippen LogP contribution is -2.52. The van der Waals surface area contributed by atoms with Gasteiger partial charge in [0.1, 0.15) is 0 Å². The second kappa shape index (κ2) is 7.41. The topological polar surface area (TPSA) is 41.6 Å². The van der Waals surface area contributed by atoms with Crippen LogP contribution in [0.5, 0.6) is 0 Å². The smallest absolute Gasteiger partial charge is 0.220 e. The molecule has 4 heteroatoms. The van der Waals surface area contributed by atoms with E-state index in [4.69, 9.17) is 4.74 Å². The van der Waals surface area contributed by atoms with Gasteiger partial charge in [-0.25, -0.2) is 0 Å². The number of hydrogen-bond acceptors (Lipinski definition) is 3. The molecule has 1 unspecified atom stereocenters. The highest BCUT2D eigenvalue weighted by Crippen LogP contribution is 2.18. The minimum Gasteiger partial charge on any atom is -0.381 e. The summed E-state index contributed by atoms with van der Waals surface area (Å²) >= 11 is 0. The molecule has 1 atom stereocenters. The number of ether oxygens (including phenoxy) is 1. The van der Waals surface area contributed by atoms with Crippen molar-refractivity contribution in [3.8, 4) is 0 Å². The van der Waals surface area contributed by atoms with E-state index >= 15 is 0 Å². The standard InChI is InChI=1S/C16H30N2O2/c1-16(2,13-18-8-5-3-4-6-9-18)17-15(19)11-14-7-10-20-12-14/h14H,3-13H2,1-2H3,(H,17,19). The van der Waals surface area contributed by atoms with Crippen molar-refractivity contribution in [2.75, 3.05) is 32.8 Å². The van der Waals surface area contributed by atoms with Crippen LogP contribution in [-0.4, -0.2) is 49.2 Å². The maximum Gasteiger partial charge on any atom is 0.220 e. The molecule has 1 amide bonds. The van der Waals surface area contributed by atoms with Crippen LogP contribution in [0.4, 0.5) is 0 Å². The highest BCUT2D eigenvalue weighted by molar-refractivity contribution is 5.77. The van der Waals surface area contributed by atoms with Crippen molar-refractivity contribution in [2.24, 2.45) is 5.92 Å². The summed E-state index contributed by atoms with van der Waals surface area (Å²) in [6.45, 7) is 9.16. The molecule has 1 N–H and O–H groups in total. The Morgan fingerprint density at radius 3 is 2.55 bits per heavy atom. The second-order valence-corrected chi connectivity index (χ2v) is 7.06. The van der Waals surface area contributed by atoms with E-state index in [2.05, 4.69) is 24.1 Å². The predicted octanol–water partition coefficient (Wildman–Crippen LogP) is 2.18. The van der Waals surface area contributed by atoms with Crippen molar-refractivity contribution in [1.29, 1.82) is 0 Å². The quantitative estimate of drug-likeness (QED) is 0.840. The summed E-state index contributed by atoms with van der Waals surface area (Å²) in [5, 5.41) is 3.21. The molecule has 2 aliphatic heterocycles. The summed E-state index contributed by atoms with van der Waals surface area (Å²) in [4.78, 5) is 14.6. The Morgan fingerprint density at radius 1 is 1.25 bits per heavy atom. The molecule has 20 heavy (non-hydrogen) atoms. The fourth-order valence-electron chi connectivity index (χ4n) is 3.33. The molecule has 116 valence electrons. The highest BCUT2D eigenvalue weighted by atomic mass is 16.5. The van der Waals surface area contributed by atoms with Crippen LogP contribution in [-0.2, 0) is 9.53 Å². The van der Waals surface area contributed by atoms with Crippen molar-refractivity contribution in [1.82, 2.24) is 10.2 Å². The van der Waals surface area contributed by atoms with Crippen LogP contribution in [0.3, 0.4) is 0 Å². The molecule has 2 rings (SSSR count). The van der Waals surface area contributed by atoms with E-state index in [0.29, 0.717) is 12.3 Å². The second-order valence-electron chi connectivity index (χ2n) is 7.06. The Morgan fingerprint density at radius 2 is 1.95 bits per heavy atom. The minimum absolute atomic E-state index is 0.138. The molecule has 2 saturated heterocycles. The third-order valence-corrected chi connectivity index (χ3v) is 4.29. The zero-order chi connectivity index (χ0) is 14.4. The van der Waals surface area contributed by atoms with Crippen LogP contribution in [0, 0.1) is 5.92 Å². The molecule has 4 nitrogen and oxygen atoms in total. The van der Waals surface area contributed by atoms with Crippen LogP contribution < -0.4 is 5.32 Å². The molecule has 0 aromatic heterocycles. The van der Waals surface area contributed by atoms with Gasteiger partial charge in [-0.1, -0.05) is 12.8 Å². The fraction of sp³-hybridized carbons (Fsp3) is 0.938. The molecule has 0 saturated carbocycles. The lowest BCUT2D eigenvalue weighted by atomic mass is 10.0. The Labute approximate surface area is 123 Å². The van der Waals surface area contributed by atoms with Crippen molar-refractivity contribution >= 4 is 5.91 Å². The maximum absolute atomic E-state index is 12.1. The van der Waals surface area contributed by atoms with E-state index in [1.807, 2.05) is 0 Å². The summed E-state index contributed by atoms with van der Waals surface area (Å²) in [6, 6.07) is 0. The predicted molar refractivity (Wildman–Crippen MR) is 80.7 cm³/mol. The average Bonchev–Trinajstić information content (AvgIpc) is 2.72. The van der Waals surface area contributed by atoms with Crippen molar-refractivity contribution < 1.29 is 9.53 Å². The Bertz CT molecular complexity index is 304. The number of rotatable bonds is 5. The maximum atomic E-state index is 12.1. The van der Waals surface area contributed by atoms with Crippen LogP contribution in [0.2, 0.25) is 0 Å². The number of carbonyl (C=O) groups is 1. The summed E-state index contributed by atoms with van der Waals surface area (Å²) in [5.41, 5.74) is -0.138. The molecule has 0 bridgehead atoms. The molecular formula is C16H30N2O2. The Balaban J connectivity index is 1.74. The molecule has 0 spiro atoms. The number of nitrogens with one attached hydrogen (secondary N) is 1. The van der Waals surface area contributed by atoms with Gasteiger partial charge in [0.05, 0.1) is 0 Å². The van der Waals surface area contributed by atoms with E-state index in [-0.39, 0.29) is 11.4 Å². The number of hydrogen-bond donors (Lipinski definition) is 1. The molecule has 0 aromatic rings. The fourth-order valence-corrected chi connectivity index (χ4v) is 3.33. The molecule has 0 aromatic carbocycles. The third kappa shape index (κ3) is 5.41. The summed E-state index contributed by atoms with van der Waals surface area (Å²) in [5.74, 6) is 0.601. The van der Waals surface area contributed by atoms with Crippen LogP contribution in [0.25, 0.3) is 0 Å². The van der Waals surface area contributed by atoms with Gasteiger partial charge in [0, 0.05) is 31.7 Å². The third-order valence-electron chi connectivity index (χ3n) is 4.29. The van der Waals surface area contributed by atoms with Crippen LogP contribution >= 0.6 is 0 Å². The average molecular weight is 282 g/mol. The Kier molecular flexibility index (Phi) is 5.85. The monoisotopic (exact) mass is 282 g/mol. The SMILES string of the molecule is CC(C)(CN1CCCCCC1)NC(=O)CC1CCOC1. The first kappa shape index (κ1) is 15.8. The molecule has 0 radical (unpaired) electrons. The van der Waals surface area contributed by atoms with E-state index < -0.39 is 0 Å². The van der Waals surface area contributed by atoms with Crippen LogP contribution in [0.1, 0.15) is 52.4 Å². The molecule has 0 aliphatic carbocycles. The zero-order valence-electron chi connectivity index (χ0n) is 13.1. The van der Waals surface area contributed by atoms with E-state index in [1.165, 1.54) is 38.8 Å². The van der Waals surface area contributed by atoms with Gasteiger partial charge >= 0.3 is 0 Å². The van der Waals surface area contributed by atoms with Gasteiger partial charge in [0.15, 0.2) is 0 Å². The van der Waals surface area contributed by atoms with Crippen molar-refractivity contribution in [3.05, 3.63) is 0 Å². The van der Waals surface area contributed by atoms with E-state index in [1.54, 1.807) is 0 Å². The Hall–Kier alpha value is -0.610. The largest absolute Gasteiger partial charge is 0.381 e. The van der Waals surface area contributed by atoms with Crippen molar-refractivity contribution in [2.45, 2.75) is 57.9 Å². The van der Waals surface area contributed by atoms with Crippen LogP contribution in [0.15, 0.2) is 0 Å². The summed E-state index contributed by atoms with van der Waals surface area (Å²) in [6.07, 6.45) is 6.94. The number of amides is 1. The summed E-state index contributed by atoms with van der Waals surface area (Å²) in [7, 11) is 0. The van der Waals surface area contributed by atoms with E-state index in [0.717, 1.165) is 26.2 Å². The first-order valence-electron chi connectivity index (χ1n) is 8.16. The first-order valence-corrected chi connectivity index (χ1v) is 8.16. The normalized spacial score (nSPS) is 25.4.